The zero-order valence-electron chi connectivity index (χ0n) is 30.2. The van der Waals surface area contributed by atoms with E-state index < -0.39 is 0 Å². The van der Waals surface area contributed by atoms with Crippen LogP contribution in [0.1, 0.15) is 11.1 Å². The molecule has 0 fully saturated rings. The third-order valence-corrected chi connectivity index (χ3v) is 11.4. The number of benzene rings is 11. The lowest BCUT2D eigenvalue weighted by atomic mass is 9.93. The molecule has 0 atom stereocenters. The van der Waals surface area contributed by atoms with Gasteiger partial charge >= 0.3 is 0 Å². The molecular formula is C52H36N2. The van der Waals surface area contributed by atoms with Gasteiger partial charge in [0.1, 0.15) is 0 Å². The molecule has 11 rings (SSSR count). The molecule has 0 radical (unpaired) electrons. The van der Waals surface area contributed by atoms with Crippen molar-refractivity contribution in [3.8, 4) is 0 Å². The van der Waals surface area contributed by atoms with Crippen molar-refractivity contribution in [3.63, 3.8) is 0 Å². The Balaban J connectivity index is 1.16. The summed E-state index contributed by atoms with van der Waals surface area (Å²) in [5.74, 6) is 0. The molecule has 0 N–H and O–H groups in total. The summed E-state index contributed by atoms with van der Waals surface area (Å²) in [7, 11) is 0. The van der Waals surface area contributed by atoms with E-state index in [-0.39, 0.29) is 0 Å². The normalized spacial score (nSPS) is 11.9. The Morgan fingerprint density at radius 2 is 0.611 bits per heavy atom. The lowest BCUT2D eigenvalue weighted by Crippen LogP contribution is -2.14. The summed E-state index contributed by atoms with van der Waals surface area (Å²) in [5.41, 5.74) is 9.24. The standard InChI is InChI=1S/C52H36N2/c1-33-12-24-41(25-13-33)53(47-30-22-39-18-16-35-6-3-8-37-20-28-45(47)51(39)49(35)37)43-10-5-11-44(32-43)54(42-26-14-34(2)15-27-42)48-31-23-40-19-17-36-7-4-9-38-21-29-46(48)52(40)50(36)38/h3-32H,1-2H3. The summed E-state index contributed by atoms with van der Waals surface area (Å²) in [6, 6.07) is 67.6. The molecule has 254 valence electrons. The molecule has 0 saturated carbocycles. The molecule has 0 amide bonds. The molecule has 0 aliphatic rings. The fourth-order valence-electron chi connectivity index (χ4n) is 8.84. The maximum Gasteiger partial charge on any atom is 0.0540 e. The van der Waals surface area contributed by atoms with Gasteiger partial charge in [0.15, 0.2) is 0 Å². The van der Waals surface area contributed by atoms with Crippen LogP contribution in [0.5, 0.6) is 0 Å². The number of nitrogens with zero attached hydrogens (tertiary/aromatic N) is 2. The topological polar surface area (TPSA) is 6.48 Å². The minimum absolute atomic E-state index is 1.10. The molecule has 0 aliphatic carbocycles. The maximum atomic E-state index is 2.44. The van der Waals surface area contributed by atoms with Crippen LogP contribution < -0.4 is 9.80 Å². The van der Waals surface area contributed by atoms with Crippen molar-refractivity contribution in [3.05, 3.63) is 193 Å². The Bertz CT molecular complexity index is 2930. The Hall–Kier alpha value is -6.90. The number of aryl methyl sites for hydroxylation is 2. The highest BCUT2D eigenvalue weighted by Gasteiger charge is 2.22. The Labute approximate surface area is 314 Å². The third kappa shape index (κ3) is 4.67. The monoisotopic (exact) mass is 688 g/mol. The molecule has 54 heavy (non-hydrogen) atoms. The van der Waals surface area contributed by atoms with E-state index in [1.807, 2.05) is 0 Å². The largest absolute Gasteiger partial charge is 0.310 e. The van der Waals surface area contributed by atoms with E-state index in [2.05, 4.69) is 206 Å². The van der Waals surface area contributed by atoms with Crippen molar-refractivity contribution in [2.24, 2.45) is 0 Å². The number of anilines is 6. The Morgan fingerprint density at radius 3 is 1.02 bits per heavy atom. The lowest BCUT2D eigenvalue weighted by Gasteiger charge is -2.31. The quantitative estimate of drug-likeness (QED) is 0.160. The van der Waals surface area contributed by atoms with Crippen molar-refractivity contribution >= 4 is 98.8 Å². The van der Waals surface area contributed by atoms with Crippen molar-refractivity contribution in [1.82, 2.24) is 0 Å². The molecule has 11 aromatic rings. The van der Waals surface area contributed by atoms with E-state index in [1.165, 1.54) is 75.8 Å². The molecular weight excluding hydrogens is 653 g/mol. The molecule has 0 heterocycles. The van der Waals surface area contributed by atoms with Crippen LogP contribution in [0.25, 0.3) is 64.6 Å². The molecule has 2 nitrogen and oxygen atoms in total. The summed E-state index contributed by atoms with van der Waals surface area (Å²) in [6.07, 6.45) is 0. The van der Waals surface area contributed by atoms with Gasteiger partial charge in [0.25, 0.3) is 0 Å². The number of rotatable bonds is 6. The van der Waals surface area contributed by atoms with Crippen LogP contribution in [0.15, 0.2) is 182 Å². The van der Waals surface area contributed by atoms with Crippen LogP contribution in [0.2, 0.25) is 0 Å². The highest BCUT2D eigenvalue weighted by Crippen LogP contribution is 2.47. The van der Waals surface area contributed by atoms with E-state index in [0.29, 0.717) is 0 Å². The summed E-state index contributed by atoms with van der Waals surface area (Å²) >= 11 is 0. The van der Waals surface area contributed by atoms with Gasteiger partial charge in [-0.1, -0.05) is 139 Å². The first-order valence-electron chi connectivity index (χ1n) is 18.8. The molecule has 0 bridgehead atoms. The first kappa shape index (κ1) is 30.7. The fourth-order valence-corrected chi connectivity index (χ4v) is 8.84. The molecule has 0 aromatic heterocycles. The zero-order chi connectivity index (χ0) is 35.9. The summed E-state index contributed by atoms with van der Waals surface area (Å²) in [5, 5.41) is 15.4. The van der Waals surface area contributed by atoms with Crippen LogP contribution >= 0.6 is 0 Å². The molecule has 0 spiro atoms. The number of hydrogen-bond acceptors (Lipinski definition) is 2. The van der Waals surface area contributed by atoms with Crippen LogP contribution in [0.3, 0.4) is 0 Å². The van der Waals surface area contributed by atoms with E-state index in [0.717, 1.165) is 34.1 Å². The second-order valence-corrected chi connectivity index (χ2v) is 14.7. The van der Waals surface area contributed by atoms with Gasteiger partial charge in [-0.25, -0.2) is 0 Å². The first-order valence-corrected chi connectivity index (χ1v) is 18.8. The zero-order valence-corrected chi connectivity index (χ0v) is 30.2. The molecule has 0 aliphatic heterocycles. The SMILES string of the molecule is Cc1ccc(N(c2cccc(N(c3ccc(C)cc3)c3ccc4ccc5cccc6ccc3c4c56)c2)c2ccc3ccc4cccc5ccc2c3c45)cc1. The minimum Gasteiger partial charge on any atom is -0.310 e. The summed E-state index contributed by atoms with van der Waals surface area (Å²) in [4.78, 5) is 4.87. The van der Waals surface area contributed by atoms with Crippen molar-refractivity contribution in [1.29, 1.82) is 0 Å². The van der Waals surface area contributed by atoms with Gasteiger partial charge in [0.2, 0.25) is 0 Å². The van der Waals surface area contributed by atoms with Gasteiger partial charge in [-0.2, -0.15) is 0 Å². The van der Waals surface area contributed by atoms with Crippen LogP contribution in [-0.4, -0.2) is 0 Å². The second kappa shape index (κ2) is 11.8. The van der Waals surface area contributed by atoms with Gasteiger partial charge in [0.05, 0.1) is 11.4 Å². The predicted octanol–water partition coefficient (Wildman–Crippen LogP) is 15.0. The van der Waals surface area contributed by atoms with Crippen molar-refractivity contribution < 1.29 is 0 Å². The first-order chi connectivity index (χ1) is 26.6. The van der Waals surface area contributed by atoms with E-state index in [1.54, 1.807) is 0 Å². The highest BCUT2D eigenvalue weighted by atomic mass is 15.2. The van der Waals surface area contributed by atoms with Crippen LogP contribution in [0.4, 0.5) is 34.1 Å². The van der Waals surface area contributed by atoms with Gasteiger partial charge in [-0.15, -0.1) is 0 Å². The molecule has 11 aromatic carbocycles. The Morgan fingerprint density at radius 1 is 0.278 bits per heavy atom. The van der Waals surface area contributed by atoms with Crippen LogP contribution in [0, 0.1) is 13.8 Å². The lowest BCUT2D eigenvalue weighted by molar-refractivity contribution is 1.26. The second-order valence-electron chi connectivity index (χ2n) is 14.7. The minimum atomic E-state index is 1.10. The van der Waals surface area contributed by atoms with E-state index in [9.17, 15) is 0 Å². The average molecular weight is 689 g/mol. The van der Waals surface area contributed by atoms with Gasteiger partial charge in [-0.05, 0) is 122 Å². The summed E-state index contributed by atoms with van der Waals surface area (Å²) in [6.45, 7) is 4.31. The summed E-state index contributed by atoms with van der Waals surface area (Å²) < 4.78 is 0. The van der Waals surface area contributed by atoms with Crippen molar-refractivity contribution in [2.45, 2.75) is 13.8 Å². The van der Waals surface area contributed by atoms with E-state index >= 15 is 0 Å². The fraction of sp³-hybridized carbons (Fsp3) is 0.0385. The average Bonchev–Trinajstić information content (AvgIpc) is 3.22. The molecule has 0 saturated heterocycles. The van der Waals surface area contributed by atoms with Gasteiger partial charge in [0, 0.05) is 33.5 Å². The van der Waals surface area contributed by atoms with Gasteiger partial charge < -0.3 is 9.80 Å². The van der Waals surface area contributed by atoms with Crippen LogP contribution in [-0.2, 0) is 0 Å². The Kier molecular flexibility index (Phi) is 6.72. The predicted molar refractivity (Wildman–Crippen MR) is 233 cm³/mol. The maximum absolute atomic E-state index is 2.44. The molecule has 2 heteroatoms. The number of hydrogen-bond donors (Lipinski definition) is 0. The smallest absolute Gasteiger partial charge is 0.0540 e. The van der Waals surface area contributed by atoms with Gasteiger partial charge in [-0.3, -0.25) is 0 Å². The van der Waals surface area contributed by atoms with Crippen molar-refractivity contribution in [2.75, 3.05) is 9.80 Å². The highest BCUT2D eigenvalue weighted by molar-refractivity contribution is 6.27. The van der Waals surface area contributed by atoms with E-state index in [4.69, 9.17) is 0 Å². The third-order valence-electron chi connectivity index (χ3n) is 11.4. The molecule has 0 unspecified atom stereocenters.